The van der Waals surface area contributed by atoms with Crippen LogP contribution in [-0.4, -0.2) is 26.2 Å². The molecule has 0 aromatic heterocycles. The van der Waals surface area contributed by atoms with Gasteiger partial charge in [-0.1, -0.05) is 6.07 Å². The largest absolute Gasteiger partial charge is 0.369 e. The van der Waals surface area contributed by atoms with Crippen LogP contribution in [0.1, 0.15) is 18.4 Å². The summed E-state index contributed by atoms with van der Waals surface area (Å²) in [7, 11) is 0. The number of piperidine rings is 1. The van der Waals surface area contributed by atoms with Crippen molar-refractivity contribution in [2.24, 2.45) is 5.41 Å². The Morgan fingerprint density at radius 2 is 1.94 bits per heavy atom. The van der Waals surface area contributed by atoms with Gasteiger partial charge in [0.15, 0.2) is 0 Å². The number of halogens is 1. The first-order chi connectivity index (χ1) is 8.19. The van der Waals surface area contributed by atoms with E-state index >= 15 is 0 Å². The molecule has 2 heterocycles. The maximum absolute atomic E-state index is 13.9. The summed E-state index contributed by atoms with van der Waals surface area (Å²) in [4.78, 5) is 2.19. The van der Waals surface area contributed by atoms with E-state index in [0.29, 0.717) is 5.41 Å². The van der Waals surface area contributed by atoms with E-state index in [1.54, 1.807) is 6.07 Å². The van der Waals surface area contributed by atoms with E-state index in [0.717, 1.165) is 37.4 Å². The van der Waals surface area contributed by atoms with Crippen molar-refractivity contribution in [1.82, 2.24) is 5.32 Å². The highest BCUT2D eigenvalue weighted by atomic mass is 19.1. The Kier molecular flexibility index (Phi) is 2.58. The van der Waals surface area contributed by atoms with Gasteiger partial charge in [0, 0.05) is 26.2 Å². The van der Waals surface area contributed by atoms with Crippen LogP contribution >= 0.6 is 0 Å². The number of nitrogens with zero attached hydrogens (tertiary/aromatic N) is 1. The van der Waals surface area contributed by atoms with Gasteiger partial charge in [0.1, 0.15) is 5.82 Å². The molecule has 0 atom stereocenters. The lowest BCUT2D eigenvalue weighted by molar-refractivity contribution is 0.126. The van der Waals surface area contributed by atoms with E-state index < -0.39 is 0 Å². The van der Waals surface area contributed by atoms with Crippen LogP contribution in [0.3, 0.4) is 0 Å². The van der Waals surface area contributed by atoms with Crippen LogP contribution in [0.25, 0.3) is 0 Å². The fourth-order valence-corrected chi connectivity index (χ4v) is 2.92. The highest BCUT2D eigenvalue weighted by Gasteiger charge is 2.39. The molecular weight excluding hydrogens is 215 g/mol. The van der Waals surface area contributed by atoms with Crippen molar-refractivity contribution in [3.8, 4) is 0 Å². The molecule has 2 aliphatic rings. The Labute approximate surface area is 102 Å². The van der Waals surface area contributed by atoms with Crippen molar-refractivity contribution in [3.05, 3.63) is 29.6 Å². The molecule has 17 heavy (non-hydrogen) atoms. The van der Waals surface area contributed by atoms with Gasteiger partial charge in [-0.25, -0.2) is 4.39 Å². The normalized spacial score (nSPS) is 22.6. The summed E-state index contributed by atoms with van der Waals surface area (Å²) in [6.45, 7) is 6.20. The van der Waals surface area contributed by atoms with E-state index in [9.17, 15) is 4.39 Å². The molecule has 1 N–H and O–H groups in total. The molecule has 2 nitrogen and oxygen atoms in total. The molecule has 92 valence electrons. The SMILES string of the molecule is Cc1ccc(N2CCC3(CC2)CNC3)c(F)c1. The highest BCUT2D eigenvalue weighted by Crippen LogP contribution is 2.37. The molecule has 0 unspecified atom stereocenters. The predicted molar refractivity (Wildman–Crippen MR) is 67.9 cm³/mol. The predicted octanol–water partition coefficient (Wildman–Crippen LogP) is 2.32. The molecule has 2 aliphatic heterocycles. The van der Waals surface area contributed by atoms with E-state index in [1.165, 1.54) is 12.8 Å². The number of benzene rings is 1. The standard InChI is InChI=1S/C14H19FN2/c1-11-2-3-13(12(15)8-11)17-6-4-14(5-7-17)9-16-10-14/h2-3,8,16H,4-7,9-10H2,1H3. The zero-order valence-corrected chi connectivity index (χ0v) is 10.3. The lowest BCUT2D eigenvalue weighted by Crippen LogP contribution is -2.58. The summed E-state index contributed by atoms with van der Waals surface area (Å²) >= 11 is 0. The number of nitrogens with one attached hydrogen (secondary N) is 1. The monoisotopic (exact) mass is 234 g/mol. The average Bonchev–Trinajstić information content (AvgIpc) is 2.27. The van der Waals surface area contributed by atoms with Gasteiger partial charge in [0.05, 0.1) is 5.69 Å². The van der Waals surface area contributed by atoms with Crippen LogP contribution in [-0.2, 0) is 0 Å². The molecule has 0 bridgehead atoms. The summed E-state index contributed by atoms with van der Waals surface area (Å²) in [5.74, 6) is -0.0762. The van der Waals surface area contributed by atoms with Gasteiger partial charge in [-0.05, 0) is 42.9 Å². The molecule has 0 aliphatic carbocycles. The minimum Gasteiger partial charge on any atom is -0.369 e. The van der Waals surface area contributed by atoms with Gasteiger partial charge in [-0.3, -0.25) is 0 Å². The van der Waals surface area contributed by atoms with Gasteiger partial charge < -0.3 is 10.2 Å². The van der Waals surface area contributed by atoms with Crippen LogP contribution in [0.5, 0.6) is 0 Å². The van der Waals surface area contributed by atoms with E-state index in [-0.39, 0.29) is 5.82 Å². The summed E-state index contributed by atoms with van der Waals surface area (Å²) in [5, 5.41) is 3.35. The van der Waals surface area contributed by atoms with E-state index in [1.807, 2.05) is 19.1 Å². The summed E-state index contributed by atoms with van der Waals surface area (Å²) < 4.78 is 13.9. The number of hydrogen-bond acceptors (Lipinski definition) is 2. The molecule has 3 heteroatoms. The fraction of sp³-hybridized carbons (Fsp3) is 0.571. The lowest BCUT2D eigenvalue weighted by Gasteiger charge is -2.49. The first-order valence-corrected chi connectivity index (χ1v) is 6.40. The molecule has 2 saturated heterocycles. The Hall–Kier alpha value is -1.09. The van der Waals surface area contributed by atoms with Crippen LogP contribution in [0, 0.1) is 18.2 Å². The van der Waals surface area contributed by atoms with Crippen LogP contribution in [0.4, 0.5) is 10.1 Å². The molecule has 1 aromatic carbocycles. The maximum atomic E-state index is 13.9. The smallest absolute Gasteiger partial charge is 0.146 e. The molecule has 0 radical (unpaired) electrons. The van der Waals surface area contributed by atoms with Crippen molar-refractivity contribution in [2.75, 3.05) is 31.1 Å². The number of anilines is 1. The first kappa shape index (κ1) is 11.0. The Bertz CT molecular complexity index is 416. The van der Waals surface area contributed by atoms with Gasteiger partial charge in [0.25, 0.3) is 0 Å². The molecule has 0 amide bonds. The third-order valence-corrected chi connectivity index (χ3v) is 4.27. The molecule has 1 aromatic rings. The zero-order valence-electron chi connectivity index (χ0n) is 10.3. The van der Waals surface area contributed by atoms with Crippen LogP contribution < -0.4 is 10.2 Å². The third kappa shape index (κ3) is 1.93. The van der Waals surface area contributed by atoms with E-state index in [2.05, 4.69) is 10.2 Å². The highest BCUT2D eigenvalue weighted by molar-refractivity contribution is 5.49. The second-order valence-electron chi connectivity index (χ2n) is 5.55. The topological polar surface area (TPSA) is 15.3 Å². The summed E-state index contributed by atoms with van der Waals surface area (Å²) in [5.41, 5.74) is 2.29. The Morgan fingerprint density at radius 1 is 1.24 bits per heavy atom. The number of aryl methyl sites for hydroxylation is 1. The quantitative estimate of drug-likeness (QED) is 0.802. The Morgan fingerprint density at radius 3 is 2.47 bits per heavy atom. The number of hydrogen-bond donors (Lipinski definition) is 1. The molecule has 1 spiro atoms. The zero-order chi connectivity index (χ0) is 11.9. The average molecular weight is 234 g/mol. The summed E-state index contributed by atoms with van der Waals surface area (Å²) in [6.07, 6.45) is 2.38. The van der Waals surface area contributed by atoms with Gasteiger partial charge in [-0.15, -0.1) is 0 Å². The van der Waals surface area contributed by atoms with Crippen LogP contribution in [0.2, 0.25) is 0 Å². The van der Waals surface area contributed by atoms with Crippen LogP contribution in [0.15, 0.2) is 18.2 Å². The third-order valence-electron chi connectivity index (χ3n) is 4.27. The van der Waals surface area contributed by atoms with E-state index in [4.69, 9.17) is 0 Å². The lowest BCUT2D eigenvalue weighted by atomic mass is 9.73. The second kappa shape index (κ2) is 3.98. The van der Waals surface area contributed by atoms with Crippen molar-refractivity contribution in [2.45, 2.75) is 19.8 Å². The van der Waals surface area contributed by atoms with Gasteiger partial charge in [-0.2, -0.15) is 0 Å². The minimum atomic E-state index is -0.0762. The van der Waals surface area contributed by atoms with Gasteiger partial charge >= 0.3 is 0 Å². The second-order valence-corrected chi connectivity index (χ2v) is 5.55. The molecule has 3 rings (SSSR count). The Balaban J connectivity index is 1.73. The molecule has 2 fully saturated rings. The van der Waals surface area contributed by atoms with Gasteiger partial charge in [0.2, 0.25) is 0 Å². The van der Waals surface area contributed by atoms with Crippen molar-refractivity contribution in [1.29, 1.82) is 0 Å². The number of rotatable bonds is 1. The fourth-order valence-electron chi connectivity index (χ4n) is 2.92. The summed E-state index contributed by atoms with van der Waals surface area (Å²) in [6, 6.07) is 5.54. The minimum absolute atomic E-state index is 0.0762. The molecular formula is C14H19FN2. The van der Waals surface area contributed by atoms with Crippen molar-refractivity contribution in [3.63, 3.8) is 0 Å². The van der Waals surface area contributed by atoms with Crippen molar-refractivity contribution >= 4 is 5.69 Å². The first-order valence-electron chi connectivity index (χ1n) is 6.40. The molecule has 0 saturated carbocycles. The van der Waals surface area contributed by atoms with Crippen molar-refractivity contribution < 1.29 is 4.39 Å². The maximum Gasteiger partial charge on any atom is 0.146 e.